The molecule has 3 heterocycles. The topological polar surface area (TPSA) is 90.5 Å². The molecule has 2 aliphatic rings. The van der Waals surface area contributed by atoms with Crippen LogP contribution < -0.4 is 15.5 Å². The molecule has 0 unspecified atom stereocenters. The maximum Gasteiger partial charge on any atom is 0.229 e. The lowest BCUT2D eigenvalue weighted by Gasteiger charge is -2.35. The molecule has 6 bridgehead atoms. The van der Waals surface area contributed by atoms with Crippen LogP contribution in [0.3, 0.4) is 0 Å². The highest BCUT2D eigenvalue weighted by Gasteiger charge is 2.24. The van der Waals surface area contributed by atoms with Gasteiger partial charge < -0.3 is 20.4 Å². The molecule has 188 valence electrons. The van der Waals surface area contributed by atoms with Gasteiger partial charge in [0.2, 0.25) is 5.95 Å². The summed E-state index contributed by atoms with van der Waals surface area (Å²) < 4.78 is 26.2. The third-order valence-corrected chi connectivity index (χ3v) is 9.00. The molecule has 3 aromatic rings. The number of aromatic nitrogens is 2. The van der Waals surface area contributed by atoms with Gasteiger partial charge in [0, 0.05) is 37.6 Å². The van der Waals surface area contributed by atoms with Crippen molar-refractivity contribution >= 4 is 62.4 Å². The fraction of sp³-hybridized carbons (Fsp3) is 0.308. The molecule has 0 saturated carbocycles. The smallest absolute Gasteiger partial charge is 0.229 e. The van der Waals surface area contributed by atoms with E-state index < -0.39 is 15.1 Å². The molecule has 5 rings (SSSR count). The van der Waals surface area contributed by atoms with Gasteiger partial charge in [0.05, 0.1) is 22.0 Å². The number of piperazine rings is 1. The maximum absolute atomic E-state index is 13.1. The van der Waals surface area contributed by atoms with E-state index in [-0.39, 0.29) is 9.92 Å². The van der Waals surface area contributed by atoms with Gasteiger partial charge >= 0.3 is 0 Å². The molecule has 0 atom stereocenters. The summed E-state index contributed by atoms with van der Waals surface area (Å²) in [6, 6.07) is 11.5. The minimum atomic E-state index is -3.55. The van der Waals surface area contributed by atoms with Gasteiger partial charge in [-0.1, -0.05) is 29.8 Å². The average molecular weight is 525 g/mol. The van der Waals surface area contributed by atoms with Gasteiger partial charge in [-0.2, -0.15) is 4.98 Å². The predicted octanol–water partition coefficient (Wildman–Crippen LogP) is 5.03. The zero-order valence-corrected chi connectivity index (χ0v) is 22.1. The number of benzene rings is 2. The molecular formula is C26H29ClN6O2S. The van der Waals surface area contributed by atoms with E-state index in [0.29, 0.717) is 17.5 Å². The molecule has 0 radical (unpaired) electrons. The Bertz CT molecular complexity index is 1430. The Labute approximate surface area is 216 Å². The molecule has 0 spiro atoms. The van der Waals surface area contributed by atoms with Crippen molar-refractivity contribution in [3.8, 4) is 0 Å². The first-order valence-electron chi connectivity index (χ1n) is 11.9. The van der Waals surface area contributed by atoms with Crippen molar-refractivity contribution in [3.05, 3.63) is 58.7 Å². The molecular weight excluding hydrogens is 496 g/mol. The molecule has 2 aromatic carbocycles. The Kier molecular flexibility index (Phi) is 6.63. The summed E-state index contributed by atoms with van der Waals surface area (Å²) in [5.74, 6) is 0.678. The van der Waals surface area contributed by atoms with Crippen LogP contribution in [0.4, 0.5) is 28.8 Å². The van der Waals surface area contributed by atoms with Crippen molar-refractivity contribution in [2.75, 3.05) is 48.8 Å². The minimum absolute atomic E-state index is 0.201. The Hall–Kier alpha value is -3.14. The van der Waals surface area contributed by atoms with Crippen LogP contribution in [0.25, 0.3) is 12.2 Å². The van der Waals surface area contributed by atoms with Crippen molar-refractivity contribution in [2.24, 2.45) is 0 Å². The highest BCUT2D eigenvalue weighted by Crippen LogP contribution is 2.34. The summed E-state index contributed by atoms with van der Waals surface area (Å²) in [5, 5.41) is 6.11. The number of anilines is 5. The summed E-state index contributed by atoms with van der Waals surface area (Å²) in [4.78, 5) is 13.8. The summed E-state index contributed by atoms with van der Waals surface area (Å²) in [6.07, 6.45) is 5.56. The van der Waals surface area contributed by atoms with E-state index in [9.17, 15) is 8.42 Å². The fourth-order valence-corrected chi connectivity index (χ4v) is 5.63. The van der Waals surface area contributed by atoms with Gasteiger partial charge in [0.1, 0.15) is 5.02 Å². The molecule has 0 aliphatic carbocycles. The standard InChI is InChI=1S/C26H29ClN6O2S/c1-17(2)36(34,35)24-9-5-18-4-6-19-15-20(7-8-23(19)33-12-10-32(3)11-13-33)29-26-28-16-21(27)25(31-26)30-22(24)14-18/h4-9,14-17H,10-13H2,1-3H3,(H2,28,29,30,31)/b6-4-. The maximum atomic E-state index is 13.1. The van der Waals surface area contributed by atoms with Gasteiger partial charge in [-0.05, 0) is 62.4 Å². The van der Waals surface area contributed by atoms with Gasteiger partial charge in [-0.25, -0.2) is 13.4 Å². The number of hydrogen-bond donors (Lipinski definition) is 2. The molecule has 1 aromatic heterocycles. The van der Waals surface area contributed by atoms with Crippen LogP contribution in [-0.2, 0) is 9.84 Å². The summed E-state index contributed by atoms with van der Waals surface area (Å²) in [7, 11) is -1.41. The fourth-order valence-electron chi connectivity index (χ4n) is 4.31. The van der Waals surface area contributed by atoms with E-state index in [1.807, 2.05) is 24.3 Å². The first kappa shape index (κ1) is 24.5. The number of likely N-dealkylation sites (N-methyl/N-ethyl adjacent to an activating group) is 1. The third-order valence-electron chi connectivity index (χ3n) is 6.51. The Morgan fingerprint density at radius 1 is 1.00 bits per heavy atom. The zero-order chi connectivity index (χ0) is 25.4. The van der Waals surface area contributed by atoms with Crippen molar-refractivity contribution < 1.29 is 8.42 Å². The van der Waals surface area contributed by atoms with E-state index in [2.05, 4.69) is 55.7 Å². The lowest BCUT2D eigenvalue weighted by atomic mass is 10.1. The highest BCUT2D eigenvalue weighted by molar-refractivity contribution is 7.92. The molecule has 0 amide bonds. The van der Waals surface area contributed by atoms with E-state index >= 15 is 0 Å². The Morgan fingerprint density at radius 3 is 2.53 bits per heavy atom. The van der Waals surface area contributed by atoms with Gasteiger partial charge in [-0.3, -0.25) is 0 Å². The largest absolute Gasteiger partial charge is 0.368 e. The number of rotatable bonds is 3. The normalized spacial score (nSPS) is 16.9. The van der Waals surface area contributed by atoms with E-state index in [1.54, 1.807) is 19.9 Å². The van der Waals surface area contributed by atoms with Gasteiger partial charge in [0.15, 0.2) is 15.7 Å². The quantitative estimate of drug-likeness (QED) is 0.385. The molecule has 36 heavy (non-hydrogen) atoms. The van der Waals surface area contributed by atoms with Crippen LogP contribution in [0.2, 0.25) is 5.02 Å². The van der Waals surface area contributed by atoms with E-state index in [0.717, 1.165) is 48.7 Å². The summed E-state index contributed by atoms with van der Waals surface area (Å²) in [6.45, 7) is 7.24. The SMILES string of the molecule is CC(C)S(=O)(=O)c1ccc2cc1Nc1nc(ncc1Cl)Nc1ccc(N3CCN(C)CC3)c(c1)/C=C\2. The number of nitrogens with zero attached hydrogens (tertiary/aromatic N) is 4. The summed E-state index contributed by atoms with van der Waals surface area (Å²) in [5.41, 5.74) is 4.31. The Balaban J connectivity index is 1.65. The Morgan fingerprint density at radius 2 is 1.78 bits per heavy atom. The lowest BCUT2D eigenvalue weighted by molar-refractivity contribution is 0.313. The van der Waals surface area contributed by atoms with Crippen molar-refractivity contribution in [1.82, 2.24) is 14.9 Å². The zero-order valence-electron chi connectivity index (χ0n) is 20.5. The second kappa shape index (κ2) is 9.72. The van der Waals surface area contributed by atoms with Crippen molar-refractivity contribution in [1.29, 1.82) is 0 Å². The van der Waals surface area contributed by atoms with Crippen LogP contribution in [0.5, 0.6) is 0 Å². The number of sulfone groups is 1. The molecule has 1 saturated heterocycles. The lowest BCUT2D eigenvalue weighted by Crippen LogP contribution is -2.44. The molecule has 2 aliphatic heterocycles. The minimum Gasteiger partial charge on any atom is -0.368 e. The van der Waals surface area contributed by atoms with E-state index in [4.69, 9.17) is 11.6 Å². The van der Waals surface area contributed by atoms with Crippen molar-refractivity contribution in [3.63, 3.8) is 0 Å². The first-order chi connectivity index (χ1) is 17.2. The highest BCUT2D eigenvalue weighted by atomic mass is 35.5. The molecule has 8 nitrogen and oxygen atoms in total. The number of nitrogens with one attached hydrogen (secondary N) is 2. The predicted molar refractivity (Wildman–Crippen MR) is 147 cm³/mol. The van der Waals surface area contributed by atoms with Gasteiger partial charge in [-0.15, -0.1) is 0 Å². The second-order valence-electron chi connectivity index (χ2n) is 9.39. The molecule has 2 N–H and O–H groups in total. The number of hydrogen-bond acceptors (Lipinski definition) is 8. The van der Waals surface area contributed by atoms with Crippen LogP contribution in [0, 0.1) is 0 Å². The number of fused-ring (bicyclic) bond motifs is 6. The summed E-state index contributed by atoms with van der Waals surface area (Å²) >= 11 is 6.39. The molecule has 1 fully saturated rings. The van der Waals surface area contributed by atoms with Crippen molar-refractivity contribution in [2.45, 2.75) is 24.0 Å². The monoisotopic (exact) mass is 524 g/mol. The average Bonchev–Trinajstić information content (AvgIpc) is 2.85. The second-order valence-corrected chi connectivity index (χ2v) is 12.3. The van der Waals surface area contributed by atoms with Crippen LogP contribution in [-0.4, -0.2) is 61.8 Å². The van der Waals surface area contributed by atoms with E-state index in [1.165, 1.54) is 6.20 Å². The van der Waals surface area contributed by atoms with Gasteiger partial charge in [0.25, 0.3) is 0 Å². The third kappa shape index (κ3) is 4.91. The number of halogens is 1. The van der Waals surface area contributed by atoms with Crippen LogP contribution in [0.1, 0.15) is 25.0 Å². The van der Waals surface area contributed by atoms with Crippen LogP contribution in [0.15, 0.2) is 47.5 Å². The molecule has 10 heteroatoms. The van der Waals surface area contributed by atoms with Crippen LogP contribution >= 0.6 is 11.6 Å². The first-order valence-corrected chi connectivity index (χ1v) is 13.8.